The molecular weight excluding hydrogens is 356 g/mol. The highest BCUT2D eigenvalue weighted by atomic mass is 16.2. The van der Waals surface area contributed by atoms with Gasteiger partial charge in [-0.1, -0.05) is 0 Å². The number of anilines is 2. The third kappa shape index (κ3) is 2.99. The quantitative estimate of drug-likeness (QED) is 0.629. The average molecular weight is 384 g/mol. The van der Waals surface area contributed by atoms with E-state index in [4.69, 9.17) is 0 Å². The second-order valence-electron chi connectivity index (χ2n) is 8.88. The monoisotopic (exact) mass is 384 g/mol. The van der Waals surface area contributed by atoms with Crippen LogP contribution in [0.1, 0.15) is 64.2 Å². The Kier molecular flexibility index (Phi) is 4.17. The van der Waals surface area contributed by atoms with Crippen LogP contribution in [0, 0.1) is 0 Å². The van der Waals surface area contributed by atoms with Crippen molar-refractivity contribution in [3.05, 3.63) is 12.4 Å². The molecule has 1 aromatic rings. The Balaban J connectivity index is 1.29. The van der Waals surface area contributed by atoms with Crippen LogP contribution in [0.15, 0.2) is 12.4 Å². The van der Waals surface area contributed by atoms with Crippen molar-refractivity contribution in [2.45, 2.75) is 87.4 Å². The maximum Gasteiger partial charge on any atom is 0.220 e. The number of nitrogens with zero attached hydrogens (tertiary/aromatic N) is 2. The topological polar surface area (TPSA) is 108 Å². The molecular formula is C20H28N6O2. The van der Waals surface area contributed by atoms with Gasteiger partial charge in [-0.25, -0.2) is 9.97 Å². The van der Waals surface area contributed by atoms with Crippen molar-refractivity contribution in [1.29, 1.82) is 0 Å². The molecule has 150 valence electrons. The predicted octanol–water partition coefficient (Wildman–Crippen LogP) is 1.70. The van der Waals surface area contributed by atoms with E-state index in [0.29, 0.717) is 12.8 Å². The van der Waals surface area contributed by atoms with E-state index in [1.54, 1.807) is 6.33 Å². The van der Waals surface area contributed by atoms with Gasteiger partial charge in [0.1, 0.15) is 18.0 Å². The lowest BCUT2D eigenvalue weighted by atomic mass is 9.68. The normalized spacial score (nSPS) is 30.0. The smallest absolute Gasteiger partial charge is 0.220 e. The van der Waals surface area contributed by atoms with Gasteiger partial charge in [-0.3, -0.25) is 9.59 Å². The van der Waals surface area contributed by atoms with Gasteiger partial charge in [0.05, 0.1) is 23.2 Å². The number of aromatic nitrogens is 2. The van der Waals surface area contributed by atoms with Crippen LogP contribution in [0.25, 0.3) is 0 Å². The second-order valence-corrected chi connectivity index (χ2v) is 8.88. The van der Waals surface area contributed by atoms with Gasteiger partial charge in [0.15, 0.2) is 0 Å². The summed E-state index contributed by atoms with van der Waals surface area (Å²) in [7, 11) is 0. The maximum atomic E-state index is 11.9. The molecule has 2 atom stereocenters. The molecule has 2 aliphatic heterocycles. The Bertz CT molecular complexity index is 727. The number of rotatable bonds is 4. The molecule has 4 N–H and O–H groups in total. The molecule has 8 heteroatoms. The predicted molar refractivity (Wildman–Crippen MR) is 105 cm³/mol. The summed E-state index contributed by atoms with van der Waals surface area (Å²) < 4.78 is 0. The molecule has 0 bridgehead atoms. The molecule has 2 unspecified atom stereocenters. The fourth-order valence-corrected chi connectivity index (χ4v) is 5.31. The molecule has 8 nitrogen and oxygen atoms in total. The minimum Gasteiger partial charge on any atom is -0.365 e. The van der Waals surface area contributed by atoms with Crippen LogP contribution in [-0.4, -0.2) is 44.9 Å². The molecule has 4 fully saturated rings. The highest BCUT2D eigenvalue weighted by Crippen LogP contribution is 2.41. The molecule has 3 heterocycles. The summed E-state index contributed by atoms with van der Waals surface area (Å²) in [5, 5.41) is 13.5. The fraction of sp³-hybridized carbons (Fsp3) is 0.700. The van der Waals surface area contributed by atoms with Gasteiger partial charge in [0.25, 0.3) is 0 Å². The highest BCUT2D eigenvalue weighted by Gasteiger charge is 2.49. The molecule has 2 amide bonds. The zero-order chi connectivity index (χ0) is 19.2. The van der Waals surface area contributed by atoms with Gasteiger partial charge in [-0.2, -0.15) is 0 Å². The average Bonchev–Trinajstić information content (AvgIpc) is 2.62. The van der Waals surface area contributed by atoms with Gasteiger partial charge in [-0.05, 0) is 51.4 Å². The number of carbonyl (C=O) groups is 2. The Morgan fingerprint density at radius 2 is 1.29 bits per heavy atom. The number of nitrogens with one attached hydrogen (secondary N) is 4. The third-order valence-corrected chi connectivity index (χ3v) is 7.23. The lowest BCUT2D eigenvalue weighted by Gasteiger charge is -2.51. The zero-order valence-corrected chi connectivity index (χ0v) is 16.1. The summed E-state index contributed by atoms with van der Waals surface area (Å²) in [6.45, 7) is 0. The van der Waals surface area contributed by atoms with Gasteiger partial charge < -0.3 is 21.3 Å². The molecule has 2 aliphatic carbocycles. The van der Waals surface area contributed by atoms with Crippen LogP contribution in [0.3, 0.4) is 0 Å². The molecule has 2 spiro atoms. The molecule has 4 aliphatic rings. The van der Waals surface area contributed by atoms with Crippen LogP contribution < -0.4 is 21.3 Å². The van der Waals surface area contributed by atoms with E-state index in [0.717, 1.165) is 63.0 Å². The van der Waals surface area contributed by atoms with Crippen LogP contribution in [0.5, 0.6) is 0 Å². The molecule has 2 saturated carbocycles. The van der Waals surface area contributed by atoms with Gasteiger partial charge >= 0.3 is 0 Å². The van der Waals surface area contributed by atoms with Crippen molar-refractivity contribution in [2.24, 2.45) is 0 Å². The minimum atomic E-state index is -0.114. The van der Waals surface area contributed by atoms with E-state index in [2.05, 4.69) is 31.2 Å². The van der Waals surface area contributed by atoms with Crippen molar-refractivity contribution in [2.75, 3.05) is 10.6 Å². The zero-order valence-electron chi connectivity index (χ0n) is 16.1. The summed E-state index contributed by atoms with van der Waals surface area (Å²) in [5.74, 6) is 1.89. The number of hydrogen-bond acceptors (Lipinski definition) is 6. The van der Waals surface area contributed by atoms with E-state index in [1.807, 2.05) is 6.07 Å². The van der Waals surface area contributed by atoms with Crippen LogP contribution in [-0.2, 0) is 9.59 Å². The maximum absolute atomic E-state index is 11.9. The van der Waals surface area contributed by atoms with Crippen molar-refractivity contribution >= 4 is 23.5 Å². The molecule has 2 saturated heterocycles. The number of carbonyl (C=O) groups excluding carboxylic acids is 2. The number of hydrogen-bond donors (Lipinski definition) is 4. The Morgan fingerprint density at radius 3 is 1.68 bits per heavy atom. The van der Waals surface area contributed by atoms with E-state index >= 15 is 0 Å². The van der Waals surface area contributed by atoms with E-state index in [-0.39, 0.29) is 35.0 Å². The first-order valence-corrected chi connectivity index (χ1v) is 10.5. The van der Waals surface area contributed by atoms with Crippen LogP contribution >= 0.6 is 0 Å². The van der Waals surface area contributed by atoms with Crippen LogP contribution in [0.4, 0.5) is 11.6 Å². The van der Waals surface area contributed by atoms with Crippen molar-refractivity contribution < 1.29 is 9.59 Å². The van der Waals surface area contributed by atoms with E-state index in [1.165, 1.54) is 0 Å². The molecule has 0 aromatic carbocycles. The lowest BCUT2D eigenvalue weighted by molar-refractivity contribution is -0.128. The first-order chi connectivity index (χ1) is 13.6. The van der Waals surface area contributed by atoms with E-state index < -0.39 is 0 Å². The Hall–Kier alpha value is -2.38. The number of piperidine rings is 2. The standard InChI is InChI=1S/C20H28N6O2/c27-17-5-3-13(19(25-17)7-1-8-19)23-15-11-16(22-12-21-15)24-14-4-6-18(28)26-20(14)9-2-10-20/h11-14H,1-10H2,(H,25,27)(H,26,28)(H2,21,22,23,24). The third-order valence-electron chi connectivity index (χ3n) is 7.23. The first-order valence-electron chi connectivity index (χ1n) is 10.5. The first kappa shape index (κ1) is 17.7. The van der Waals surface area contributed by atoms with Gasteiger partial charge in [0, 0.05) is 18.9 Å². The fourth-order valence-electron chi connectivity index (χ4n) is 5.31. The Labute approximate surface area is 164 Å². The number of amides is 2. The van der Waals surface area contributed by atoms with Crippen molar-refractivity contribution in [3.63, 3.8) is 0 Å². The summed E-state index contributed by atoms with van der Waals surface area (Å²) in [6, 6.07) is 2.35. The van der Waals surface area contributed by atoms with Gasteiger partial charge in [-0.15, -0.1) is 0 Å². The molecule has 0 radical (unpaired) electrons. The van der Waals surface area contributed by atoms with Gasteiger partial charge in [0.2, 0.25) is 11.8 Å². The summed E-state index contributed by atoms with van der Waals surface area (Å²) in [6.07, 6.45) is 10.8. The summed E-state index contributed by atoms with van der Waals surface area (Å²) in [4.78, 5) is 32.5. The summed E-state index contributed by atoms with van der Waals surface area (Å²) in [5.41, 5.74) is -0.227. The highest BCUT2D eigenvalue weighted by molar-refractivity contribution is 5.79. The second kappa shape index (κ2) is 6.60. The summed E-state index contributed by atoms with van der Waals surface area (Å²) >= 11 is 0. The molecule has 28 heavy (non-hydrogen) atoms. The van der Waals surface area contributed by atoms with E-state index in [9.17, 15) is 9.59 Å². The van der Waals surface area contributed by atoms with Crippen LogP contribution in [0.2, 0.25) is 0 Å². The minimum absolute atomic E-state index is 0.114. The van der Waals surface area contributed by atoms with Crippen molar-refractivity contribution in [1.82, 2.24) is 20.6 Å². The largest absolute Gasteiger partial charge is 0.365 e. The van der Waals surface area contributed by atoms with Crippen molar-refractivity contribution in [3.8, 4) is 0 Å². The SMILES string of the molecule is O=C1CCC(Nc2cc(NC3CCC(=O)NC34CCC4)ncn2)C2(CCC2)N1. The lowest BCUT2D eigenvalue weighted by Crippen LogP contribution is -2.66. The molecule has 1 aromatic heterocycles. The Morgan fingerprint density at radius 1 is 0.821 bits per heavy atom. The molecule has 5 rings (SSSR count).